The number of nitrogens with zero attached hydrogens (tertiary/aromatic N) is 2. The molecule has 0 radical (unpaired) electrons. The Morgan fingerprint density at radius 3 is 2.47 bits per heavy atom. The quantitative estimate of drug-likeness (QED) is 0.221. The Kier molecular flexibility index (Phi) is 8.68. The highest BCUT2D eigenvalue weighted by Gasteiger charge is 2.40. The van der Waals surface area contributed by atoms with Crippen molar-refractivity contribution in [1.29, 1.82) is 0 Å². The lowest BCUT2D eigenvalue weighted by Gasteiger charge is -2.40. The van der Waals surface area contributed by atoms with Gasteiger partial charge < -0.3 is 9.47 Å². The third kappa shape index (κ3) is 5.99. The van der Waals surface area contributed by atoms with Crippen molar-refractivity contribution in [1.82, 2.24) is 15.4 Å². The molecule has 3 aromatic rings. The fourth-order valence-electron chi connectivity index (χ4n) is 5.04. The van der Waals surface area contributed by atoms with Crippen LogP contribution in [0.25, 0.3) is 10.9 Å². The van der Waals surface area contributed by atoms with E-state index < -0.39 is 40.3 Å². The Balaban J connectivity index is 1.36. The summed E-state index contributed by atoms with van der Waals surface area (Å²) in [6.45, 7) is 1.27. The Bertz CT molecular complexity index is 1280. The van der Waals surface area contributed by atoms with Gasteiger partial charge in [-0.15, -0.1) is 0 Å². The fraction of sp³-hybridized carbons (Fsp3) is 0.407. The van der Waals surface area contributed by atoms with E-state index in [1.165, 1.54) is 13.3 Å². The molecule has 11 heteroatoms. The molecule has 0 spiro atoms. The minimum atomic E-state index is -1.11. The number of hydrogen-bond donors (Lipinski definition) is 2. The van der Waals surface area contributed by atoms with Crippen LogP contribution < -0.4 is 15.0 Å². The predicted octanol–water partition coefficient (Wildman–Crippen LogP) is 4.79. The summed E-state index contributed by atoms with van der Waals surface area (Å²) in [5.74, 6) is -4.23. The van der Waals surface area contributed by atoms with Gasteiger partial charge in [0.15, 0.2) is 17.4 Å². The molecule has 2 heterocycles. The molecule has 7 nitrogen and oxygen atoms in total. The first-order valence-electron chi connectivity index (χ1n) is 12.3. The van der Waals surface area contributed by atoms with E-state index in [9.17, 15) is 27.6 Å². The second kappa shape index (κ2) is 12.0. The fourth-order valence-corrected chi connectivity index (χ4v) is 5.04. The number of piperidine rings is 1. The standard InChI is InChI=1S/C27H29F4N3O4/c1-37-18-4-5-24-20(15-18)19(23(31)16-32-24)3-2-6-27(26(35)33-36)7-9-34(10-8-27)11-12-38-25-21(29)13-17(28)14-22(25)30/h4-5,13-16,36H,2-3,6-12H2,1H3,(H,33,35). The topological polar surface area (TPSA) is 83.9 Å². The number of aromatic nitrogens is 1. The highest BCUT2D eigenvalue weighted by atomic mass is 19.1. The van der Waals surface area contributed by atoms with Crippen molar-refractivity contribution < 1.29 is 37.0 Å². The lowest BCUT2D eigenvalue weighted by molar-refractivity contribution is -0.143. The average molecular weight is 536 g/mol. The van der Waals surface area contributed by atoms with Gasteiger partial charge in [-0.3, -0.25) is 19.9 Å². The number of rotatable bonds is 10. The van der Waals surface area contributed by atoms with E-state index in [0.29, 0.717) is 86.1 Å². The smallest absolute Gasteiger partial charge is 0.249 e. The molecule has 1 fully saturated rings. The van der Waals surface area contributed by atoms with Crippen LogP contribution in [0.3, 0.4) is 0 Å². The molecule has 2 N–H and O–H groups in total. The van der Waals surface area contributed by atoms with Crippen molar-refractivity contribution in [2.75, 3.05) is 33.4 Å². The number of likely N-dealkylation sites (tertiary alicyclic amines) is 1. The van der Waals surface area contributed by atoms with Gasteiger partial charge in [-0.1, -0.05) is 0 Å². The summed E-state index contributed by atoms with van der Waals surface area (Å²) < 4.78 is 65.8. The summed E-state index contributed by atoms with van der Waals surface area (Å²) in [4.78, 5) is 18.8. The number of fused-ring (bicyclic) bond motifs is 1. The summed E-state index contributed by atoms with van der Waals surface area (Å²) in [5, 5.41) is 10.1. The number of hydroxylamine groups is 1. The molecular weight excluding hydrogens is 506 g/mol. The molecule has 1 aromatic heterocycles. The molecule has 1 aliphatic heterocycles. The zero-order chi connectivity index (χ0) is 27.3. The lowest BCUT2D eigenvalue weighted by Crippen LogP contribution is -2.49. The molecule has 0 saturated carbocycles. The molecular formula is C27H29F4N3O4. The van der Waals surface area contributed by atoms with Gasteiger partial charge in [0.05, 0.1) is 24.2 Å². The molecule has 0 aliphatic carbocycles. The molecule has 4 rings (SSSR count). The minimum Gasteiger partial charge on any atom is -0.497 e. The van der Waals surface area contributed by atoms with E-state index in [1.807, 2.05) is 4.90 Å². The Labute approximate surface area is 217 Å². The van der Waals surface area contributed by atoms with Crippen LogP contribution in [0.1, 0.15) is 31.2 Å². The van der Waals surface area contributed by atoms with Crippen molar-refractivity contribution in [3.05, 3.63) is 65.4 Å². The number of amides is 1. The first kappa shape index (κ1) is 27.6. The maximum absolute atomic E-state index is 14.7. The van der Waals surface area contributed by atoms with E-state index >= 15 is 0 Å². The lowest BCUT2D eigenvalue weighted by atomic mass is 9.73. The highest BCUT2D eigenvalue weighted by molar-refractivity contribution is 5.84. The number of ether oxygens (including phenoxy) is 2. The number of carbonyl (C=O) groups is 1. The monoisotopic (exact) mass is 535 g/mol. The van der Waals surface area contributed by atoms with Gasteiger partial charge in [0.1, 0.15) is 24.0 Å². The summed E-state index contributed by atoms with van der Waals surface area (Å²) >= 11 is 0. The van der Waals surface area contributed by atoms with Gasteiger partial charge in [-0.25, -0.2) is 23.0 Å². The molecule has 2 aromatic carbocycles. The minimum absolute atomic E-state index is 0.0312. The number of methoxy groups -OCH3 is 1. The van der Waals surface area contributed by atoms with Crippen molar-refractivity contribution in [2.24, 2.45) is 5.41 Å². The number of hydrogen-bond acceptors (Lipinski definition) is 6. The van der Waals surface area contributed by atoms with E-state index in [4.69, 9.17) is 9.47 Å². The van der Waals surface area contributed by atoms with Gasteiger partial charge in [-0.05, 0) is 69.0 Å². The van der Waals surface area contributed by atoms with Crippen LogP contribution in [0.4, 0.5) is 17.6 Å². The molecule has 0 bridgehead atoms. The maximum Gasteiger partial charge on any atom is 0.249 e. The normalized spacial score (nSPS) is 15.4. The maximum atomic E-state index is 14.7. The van der Waals surface area contributed by atoms with Crippen LogP contribution in [0.15, 0.2) is 36.5 Å². The van der Waals surface area contributed by atoms with Crippen LogP contribution in [0.5, 0.6) is 11.5 Å². The van der Waals surface area contributed by atoms with Crippen LogP contribution in [0, 0.1) is 28.7 Å². The number of halogens is 4. The molecule has 0 unspecified atom stereocenters. The van der Waals surface area contributed by atoms with E-state index in [0.717, 1.165) is 0 Å². The van der Waals surface area contributed by atoms with Gasteiger partial charge in [0.2, 0.25) is 5.91 Å². The number of aryl methyl sites for hydroxylation is 1. The van der Waals surface area contributed by atoms with E-state index in [-0.39, 0.29) is 6.61 Å². The van der Waals surface area contributed by atoms with Crippen molar-refractivity contribution >= 4 is 16.8 Å². The summed E-state index contributed by atoms with van der Waals surface area (Å²) in [6, 6.07) is 6.36. The third-order valence-electron chi connectivity index (χ3n) is 7.23. The SMILES string of the molecule is COc1ccc2ncc(F)c(CCCC3(C(=O)NO)CCN(CCOc4c(F)cc(F)cc4F)CC3)c2c1. The summed E-state index contributed by atoms with van der Waals surface area (Å²) in [6.07, 6.45) is 3.31. The average Bonchev–Trinajstić information content (AvgIpc) is 2.91. The number of nitrogens with one attached hydrogen (secondary N) is 1. The van der Waals surface area contributed by atoms with Crippen molar-refractivity contribution in [2.45, 2.75) is 32.1 Å². The molecule has 0 atom stereocenters. The van der Waals surface area contributed by atoms with Gasteiger partial charge in [0, 0.05) is 24.1 Å². The number of carbonyl (C=O) groups excluding carboxylic acids is 1. The molecule has 1 saturated heterocycles. The number of pyridine rings is 1. The van der Waals surface area contributed by atoms with Gasteiger partial charge in [0.25, 0.3) is 0 Å². The van der Waals surface area contributed by atoms with Crippen LogP contribution in [0.2, 0.25) is 0 Å². The zero-order valence-electron chi connectivity index (χ0n) is 20.9. The summed E-state index contributed by atoms with van der Waals surface area (Å²) in [7, 11) is 1.53. The highest BCUT2D eigenvalue weighted by Crippen LogP contribution is 2.37. The van der Waals surface area contributed by atoms with Gasteiger partial charge in [-0.2, -0.15) is 0 Å². The Hall–Kier alpha value is -3.44. The third-order valence-corrected chi connectivity index (χ3v) is 7.23. The Morgan fingerprint density at radius 1 is 1.11 bits per heavy atom. The van der Waals surface area contributed by atoms with Crippen molar-refractivity contribution in [3.63, 3.8) is 0 Å². The first-order chi connectivity index (χ1) is 18.3. The van der Waals surface area contributed by atoms with Crippen molar-refractivity contribution in [3.8, 4) is 11.5 Å². The predicted molar refractivity (Wildman–Crippen MR) is 131 cm³/mol. The largest absolute Gasteiger partial charge is 0.497 e. The Morgan fingerprint density at radius 2 is 1.82 bits per heavy atom. The van der Waals surface area contributed by atoms with E-state index in [2.05, 4.69) is 4.98 Å². The second-order valence-electron chi connectivity index (χ2n) is 9.43. The van der Waals surface area contributed by atoms with Crippen LogP contribution in [-0.4, -0.2) is 54.3 Å². The number of benzene rings is 2. The van der Waals surface area contributed by atoms with Crippen LogP contribution >= 0.6 is 0 Å². The second-order valence-corrected chi connectivity index (χ2v) is 9.43. The van der Waals surface area contributed by atoms with Gasteiger partial charge >= 0.3 is 0 Å². The molecule has 204 valence electrons. The molecule has 1 aliphatic rings. The molecule has 1 amide bonds. The van der Waals surface area contributed by atoms with E-state index in [1.54, 1.807) is 23.7 Å². The summed E-state index contributed by atoms with van der Waals surface area (Å²) in [5.41, 5.74) is 2.06. The molecule has 38 heavy (non-hydrogen) atoms. The van der Waals surface area contributed by atoms with Crippen LogP contribution in [-0.2, 0) is 11.2 Å². The first-order valence-corrected chi connectivity index (χ1v) is 12.3. The zero-order valence-corrected chi connectivity index (χ0v) is 20.9.